The molecule has 2 unspecified atom stereocenters. The van der Waals surface area contributed by atoms with Gasteiger partial charge in [0.05, 0.1) is 17.9 Å². The Kier molecular flexibility index (Phi) is 6.39. The minimum Gasteiger partial charge on any atom is -0.481 e. The molecule has 2 N–H and O–H groups in total. The van der Waals surface area contributed by atoms with Gasteiger partial charge in [0.1, 0.15) is 0 Å². The zero-order valence-corrected chi connectivity index (χ0v) is 11.5. The van der Waals surface area contributed by atoms with Gasteiger partial charge in [-0.3, -0.25) is 9.59 Å². The number of nitrogens with zero attached hydrogens (tertiary/aromatic N) is 1. The van der Waals surface area contributed by atoms with Gasteiger partial charge in [0.25, 0.3) is 0 Å². The molecule has 0 heterocycles. The molecule has 0 aromatic carbocycles. The number of hydrogen-bond acceptors (Lipinski definition) is 3. The first kappa shape index (κ1) is 16.4. The predicted octanol–water partition coefficient (Wildman–Crippen LogP) is 1.93. The molecule has 0 aliphatic heterocycles. The summed E-state index contributed by atoms with van der Waals surface area (Å²) >= 11 is 0. The molecule has 5 heteroatoms. The standard InChI is InChI=1S/C13H22N2O3/c1-5-10(6-7-14)15-11(16)8-13(4,9(2)3)12(17)18/h9-10H,5-6,8H2,1-4H3,(H,15,16)(H,17,18). The number of amides is 1. The van der Waals surface area contributed by atoms with Crippen molar-refractivity contribution >= 4 is 11.9 Å². The van der Waals surface area contributed by atoms with Crippen molar-refractivity contribution in [3.63, 3.8) is 0 Å². The highest BCUT2D eigenvalue weighted by molar-refractivity contribution is 5.85. The molecule has 0 fully saturated rings. The maximum Gasteiger partial charge on any atom is 0.310 e. The lowest BCUT2D eigenvalue weighted by molar-refractivity contribution is -0.153. The fourth-order valence-corrected chi connectivity index (χ4v) is 1.55. The van der Waals surface area contributed by atoms with Crippen molar-refractivity contribution < 1.29 is 14.7 Å². The summed E-state index contributed by atoms with van der Waals surface area (Å²) in [6.07, 6.45) is 0.834. The van der Waals surface area contributed by atoms with Gasteiger partial charge in [-0.2, -0.15) is 5.26 Å². The zero-order chi connectivity index (χ0) is 14.3. The van der Waals surface area contributed by atoms with E-state index in [1.165, 1.54) is 0 Å². The Hall–Kier alpha value is -1.57. The second kappa shape index (κ2) is 7.00. The van der Waals surface area contributed by atoms with E-state index in [4.69, 9.17) is 5.26 Å². The van der Waals surface area contributed by atoms with E-state index in [0.29, 0.717) is 6.42 Å². The average Bonchev–Trinajstić information content (AvgIpc) is 2.27. The van der Waals surface area contributed by atoms with Crippen molar-refractivity contribution in [2.24, 2.45) is 11.3 Å². The number of nitrogens with one attached hydrogen (secondary N) is 1. The first-order chi connectivity index (χ1) is 8.27. The molecule has 0 aromatic heterocycles. The van der Waals surface area contributed by atoms with Gasteiger partial charge in [-0.1, -0.05) is 20.8 Å². The van der Waals surface area contributed by atoms with Gasteiger partial charge >= 0.3 is 5.97 Å². The van der Waals surface area contributed by atoms with Gasteiger partial charge in [0.2, 0.25) is 5.91 Å². The van der Waals surface area contributed by atoms with Crippen LogP contribution < -0.4 is 5.32 Å². The van der Waals surface area contributed by atoms with Crippen molar-refractivity contribution in [2.75, 3.05) is 0 Å². The monoisotopic (exact) mass is 254 g/mol. The molecule has 2 atom stereocenters. The Balaban J connectivity index is 4.63. The molecule has 1 amide bonds. The van der Waals surface area contributed by atoms with E-state index in [1.807, 2.05) is 13.0 Å². The van der Waals surface area contributed by atoms with Crippen LogP contribution in [-0.2, 0) is 9.59 Å². The zero-order valence-electron chi connectivity index (χ0n) is 11.5. The number of hydrogen-bond donors (Lipinski definition) is 2. The molecule has 0 saturated heterocycles. The lowest BCUT2D eigenvalue weighted by atomic mass is 9.76. The van der Waals surface area contributed by atoms with Crippen LogP contribution in [0.4, 0.5) is 0 Å². The van der Waals surface area contributed by atoms with Crippen molar-refractivity contribution in [3.8, 4) is 6.07 Å². The Morgan fingerprint density at radius 3 is 2.33 bits per heavy atom. The Morgan fingerprint density at radius 2 is 2.00 bits per heavy atom. The summed E-state index contributed by atoms with van der Waals surface area (Å²) in [5, 5.41) is 20.5. The van der Waals surface area contributed by atoms with E-state index in [-0.39, 0.29) is 30.7 Å². The number of carbonyl (C=O) groups excluding carboxylic acids is 1. The van der Waals surface area contributed by atoms with Crippen LogP contribution in [0.1, 0.15) is 47.0 Å². The highest BCUT2D eigenvalue weighted by Gasteiger charge is 2.38. The second-order valence-electron chi connectivity index (χ2n) is 5.09. The Bertz CT molecular complexity index is 347. The van der Waals surface area contributed by atoms with Crippen molar-refractivity contribution in [3.05, 3.63) is 0 Å². The molecule has 0 bridgehead atoms. The molecular weight excluding hydrogens is 232 g/mol. The minimum absolute atomic E-state index is 0.0675. The highest BCUT2D eigenvalue weighted by atomic mass is 16.4. The van der Waals surface area contributed by atoms with E-state index in [2.05, 4.69) is 5.32 Å². The molecule has 0 aromatic rings. The van der Waals surface area contributed by atoms with E-state index < -0.39 is 11.4 Å². The van der Waals surface area contributed by atoms with Gasteiger partial charge in [-0.05, 0) is 19.3 Å². The van der Waals surface area contributed by atoms with Crippen molar-refractivity contribution in [2.45, 2.75) is 53.0 Å². The number of aliphatic carboxylic acids is 1. The van der Waals surface area contributed by atoms with Gasteiger partial charge in [-0.15, -0.1) is 0 Å². The number of carbonyl (C=O) groups is 2. The van der Waals surface area contributed by atoms with Crippen LogP contribution in [0.25, 0.3) is 0 Å². The number of carboxylic acids is 1. The van der Waals surface area contributed by atoms with Crippen LogP contribution in [0.3, 0.4) is 0 Å². The third-order valence-corrected chi connectivity index (χ3v) is 3.49. The summed E-state index contributed by atoms with van der Waals surface area (Å²) in [4.78, 5) is 23.1. The molecular formula is C13H22N2O3. The van der Waals surface area contributed by atoms with E-state index in [9.17, 15) is 14.7 Å². The minimum atomic E-state index is -1.07. The number of rotatable bonds is 7. The smallest absolute Gasteiger partial charge is 0.310 e. The van der Waals surface area contributed by atoms with Crippen LogP contribution in [-0.4, -0.2) is 23.0 Å². The van der Waals surface area contributed by atoms with E-state index >= 15 is 0 Å². The van der Waals surface area contributed by atoms with Crippen molar-refractivity contribution in [1.29, 1.82) is 5.26 Å². The number of nitriles is 1. The van der Waals surface area contributed by atoms with Crippen molar-refractivity contribution in [1.82, 2.24) is 5.32 Å². The fourth-order valence-electron chi connectivity index (χ4n) is 1.55. The number of carboxylic acid groups (broad SMARTS) is 1. The molecule has 18 heavy (non-hydrogen) atoms. The van der Waals surface area contributed by atoms with Gasteiger partial charge < -0.3 is 10.4 Å². The SMILES string of the molecule is CCC(CC#N)NC(=O)CC(C)(C(=O)O)C(C)C. The maximum atomic E-state index is 11.8. The molecule has 102 valence electrons. The molecule has 0 radical (unpaired) electrons. The molecule has 0 spiro atoms. The Morgan fingerprint density at radius 1 is 1.44 bits per heavy atom. The van der Waals surface area contributed by atoms with Crippen LogP contribution in [0.2, 0.25) is 0 Å². The summed E-state index contributed by atoms with van der Waals surface area (Å²) < 4.78 is 0. The molecule has 5 nitrogen and oxygen atoms in total. The van der Waals surface area contributed by atoms with Gasteiger partial charge in [0, 0.05) is 12.5 Å². The van der Waals surface area contributed by atoms with Crippen LogP contribution in [0, 0.1) is 22.7 Å². The first-order valence-electron chi connectivity index (χ1n) is 6.17. The largest absolute Gasteiger partial charge is 0.481 e. The van der Waals surface area contributed by atoms with Crippen LogP contribution >= 0.6 is 0 Å². The predicted molar refractivity (Wildman–Crippen MR) is 67.6 cm³/mol. The van der Waals surface area contributed by atoms with E-state index in [1.54, 1.807) is 20.8 Å². The maximum absolute atomic E-state index is 11.8. The quantitative estimate of drug-likeness (QED) is 0.726. The first-order valence-corrected chi connectivity index (χ1v) is 6.17. The topological polar surface area (TPSA) is 90.2 Å². The average molecular weight is 254 g/mol. The third-order valence-electron chi connectivity index (χ3n) is 3.49. The summed E-state index contributed by atoms with van der Waals surface area (Å²) in [6.45, 7) is 7.02. The summed E-state index contributed by atoms with van der Waals surface area (Å²) in [5.41, 5.74) is -1.07. The molecule has 0 saturated carbocycles. The van der Waals surface area contributed by atoms with Crippen LogP contribution in [0.5, 0.6) is 0 Å². The lowest BCUT2D eigenvalue weighted by Gasteiger charge is -2.29. The lowest BCUT2D eigenvalue weighted by Crippen LogP contribution is -2.42. The molecule has 0 rings (SSSR count). The summed E-state index contributed by atoms with van der Waals surface area (Å²) in [5.74, 6) is -1.42. The molecule has 0 aliphatic carbocycles. The van der Waals surface area contributed by atoms with Crippen LogP contribution in [0.15, 0.2) is 0 Å². The fraction of sp³-hybridized carbons (Fsp3) is 0.769. The highest BCUT2D eigenvalue weighted by Crippen LogP contribution is 2.31. The second-order valence-corrected chi connectivity index (χ2v) is 5.09. The normalized spacial score (nSPS) is 15.6. The summed E-state index contributed by atoms with van der Waals surface area (Å²) in [7, 11) is 0. The van der Waals surface area contributed by atoms with Gasteiger partial charge in [0.15, 0.2) is 0 Å². The third kappa shape index (κ3) is 4.36. The summed E-state index contributed by atoms with van der Waals surface area (Å²) in [6, 6.07) is 1.80. The molecule has 0 aliphatic rings. The Labute approximate surface area is 108 Å². The van der Waals surface area contributed by atoms with E-state index in [0.717, 1.165) is 0 Å². The van der Waals surface area contributed by atoms with Gasteiger partial charge in [-0.25, -0.2) is 0 Å².